The molecule has 0 amide bonds. The molecule has 2 N–H and O–H groups in total. The average molecular weight is 262 g/mol. The zero-order chi connectivity index (χ0) is 12.6. The van der Waals surface area contributed by atoms with Gasteiger partial charge in [-0.2, -0.15) is 11.8 Å². The van der Waals surface area contributed by atoms with Gasteiger partial charge < -0.3 is 10.6 Å². The Hall–Kier alpha value is -0.670. The van der Waals surface area contributed by atoms with Gasteiger partial charge in [0.1, 0.15) is 0 Å². The topological polar surface area (TPSA) is 29.3 Å². The molecule has 1 heterocycles. The predicted molar refractivity (Wildman–Crippen MR) is 80.1 cm³/mol. The van der Waals surface area contributed by atoms with E-state index in [0.717, 1.165) is 10.9 Å². The van der Waals surface area contributed by atoms with Gasteiger partial charge in [-0.05, 0) is 30.5 Å². The van der Waals surface area contributed by atoms with Crippen LogP contribution in [0.5, 0.6) is 0 Å². The molecule has 1 aliphatic carbocycles. The molecule has 1 saturated carbocycles. The van der Waals surface area contributed by atoms with Crippen LogP contribution in [0.25, 0.3) is 0 Å². The minimum Gasteiger partial charge on any atom is -0.399 e. The predicted octanol–water partition coefficient (Wildman–Crippen LogP) is 2.74. The zero-order valence-electron chi connectivity index (χ0n) is 11.1. The number of nitrogens with two attached hydrogens (primary N) is 1. The van der Waals surface area contributed by atoms with Gasteiger partial charge >= 0.3 is 0 Å². The van der Waals surface area contributed by atoms with Crippen LogP contribution in [0.2, 0.25) is 0 Å². The third-order valence-corrected chi connectivity index (χ3v) is 5.36. The molecule has 2 aliphatic rings. The minimum absolute atomic E-state index is 0.440. The average Bonchev–Trinajstić information content (AvgIpc) is 3.11. The molecular formula is C15H22N2S. The van der Waals surface area contributed by atoms with Gasteiger partial charge in [-0.25, -0.2) is 0 Å². The van der Waals surface area contributed by atoms with Crippen molar-refractivity contribution in [3.63, 3.8) is 0 Å². The third-order valence-electron chi connectivity index (χ3n) is 4.23. The molecule has 0 aromatic heterocycles. The van der Waals surface area contributed by atoms with Crippen LogP contribution in [0.15, 0.2) is 24.3 Å². The fourth-order valence-electron chi connectivity index (χ4n) is 2.99. The van der Waals surface area contributed by atoms with Gasteiger partial charge in [0.15, 0.2) is 0 Å². The maximum absolute atomic E-state index is 5.78. The first kappa shape index (κ1) is 12.4. The molecule has 1 unspecified atom stereocenters. The van der Waals surface area contributed by atoms with Gasteiger partial charge in [0.2, 0.25) is 0 Å². The Kier molecular flexibility index (Phi) is 3.29. The number of nitrogens with zero attached hydrogens (tertiary/aromatic N) is 1. The molecule has 0 radical (unpaired) electrons. The molecule has 0 bridgehead atoms. The van der Waals surface area contributed by atoms with E-state index < -0.39 is 0 Å². The van der Waals surface area contributed by atoms with Crippen LogP contribution >= 0.6 is 11.8 Å². The Bertz CT molecular complexity index is 411. The summed E-state index contributed by atoms with van der Waals surface area (Å²) in [6, 6.07) is 8.54. The van der Waals surface area contributed by atoms with Crippen LogP contribution in [0.1, 0.15) is 25.3 Å². The number of nitrogen functional groups attached to an aromatic ring is 1. The first-order chi connectivity index (χ1) is 8.68. The molecule has 2 fully saturated rings. The molecule has 2 nitrogen and oxygen atoms in total. The molecule has 0 spiro atoms. The number of hydrogen-bond acceptors (Lipinski definition) is 3. The molecule has 1 saturated heterocycles. The second kappa shape index (κ2) is 4.78. The minimum atomic E-state index is 0.440. The highest BCUT2D eigenvalue weighted by Crippen LogP contribution is 2.49. The SMILES string of the molecule is CC1CN(CC2(c3ccc(N)cc3)CC2)CCS1. The van der Waals surface area contributed by atoms with Crippen molar-refractivity contribution in [3.05, 3.63) is 29.8 Å². The number of hydrogen-bond donors (Lipinski definition) is 1. The number of thioether (sulfide) groups is 1. The summed E-state index contributed by atoms with van der Waals surface area (Å²) in [7, 11) is 0. The van der Waals surface area contributed by atoms with E-state index in [1.54, 1.807) is 0 Å². The highest BCUT2D eigenvalue weighted by Gasteiger charge is 2.45. The lowest BCUT2D eigenvalue weighted by atomic mass is 9.95. The Labute approximate surface area is 114 Å². The van der Waals surface area contributed by atoms with E-state index in [2.05, 4.69) is 35.7 Å². The molecule has 98 valence electrons. The van der Waals surface area contributed by atoms with Gasteiger partial charge in [-0.3, -0.25) is 0 Å². The van der Waals surface area contributed by atoms with Gasteiger partial charge in [0.05, 0.1) is 0 Å². The lowest BCUT2D eigenvalue weighted by molar-refractivity contribution is 0.260. The molecule has 3 rings (SSSR count). The Morgan fingerprint density at radius 1 is 1.33 bits per heavy atom. The highest BCUT2D eigenvalue weighted by molar-refractivity contribution is 7.99. The van der Waals surface area contributed by atoms with E-state index in [1.807, 2.05) is 12.1 Å². The van der Waals surface area contributed by atoms with Crippen LogP contribution in [0, 0.1) is 0 Å². The molecule has 3 heteroatoms. The second-order valence-electron chi connectivity index (χ2n) is 5.82. The molecule has 1 aromatic carbocycles. The Morgan fingerprint density at radius 2 is 2.06 bits per heavy atom. The molecular weight excluding hydrogens is 240 g/mol. The first-order valence-corrected chi connectivity index (χ1v) is 7.93. The van der Waals surface area contributed by atoms with Crippen LogP contribution in [0.3, 0.4) is 0 Å². The quantitative estimate of drug-likeness (QED) is 0.849. The zero-order valence-corrected chi connectivity index (χ0v) is 11.9. The summed E-state index contributed by atoms with van der Waals surface area (Å²) in [5.74, 6) is 1.29. The normalized spacial score (nSPS) is 27.1. The van der Waals surface area contributed by atoms with E-state index in [0.29, 0.717) is 5.41 Å². The molecule has 1 aliphatic heterocycles. The van der Waals surface area contributed by atoms with Crippen LogP contribution in [-0.4, -0.2) is 35.5 Å². The van der Waals surface area contributed by atoms with Crippen LogP contribution in [0.4, 0.5) is 5.69 Å². The standard InChI is InChI=1S/C15H22N2S/c1-12-10-17(8-9-18-12)11-15(6-7-15)13-2-4-14(16)5-3-13/h2-5,12H,6-11,16H2,1H3. The van der Waals surface area contributed by atoms with E-state index in [1.165, 1.54) is 43.8 Å². The monoisotopic (exact) mass is 262 g/mol. The number of anilines is 1. The van der Waals surface area contributed by atoms with E-state index >= 15 is 0 Å². The Morgan fingerprint density at radius 3 is 2.67 bits per heavy atom. The van der Waals surface area contributed by atoms with Crippen molar-refractivity contribution in [2.75, 3.05) is 31.1 Å². The smallest absolute Gasteiger partial charge is 0.0314 e. The highest BCUT2D eigenvalue weighted by atomic mass is 32.2. The summed E-state index contributed by atoms with van der Waals surface area (Å²) < 4.78 is 0. The van der Waals surface area contributed by atoms with Gasteiger partial charge in [-0.1, -0.05) is 19.1 Å². The summed E-state index contributed by atoms with van der Waals surface area (Å²) in [6.45, 7) is 6.09. The summed E-state index contributed by atoms with van der Waals surface area (Å²) >= 11 is 2.11. The molecule has 1 atom stereocenters. The van der Waals surface area contributed by atoms with Crippen LogP contribution in [-0.2, 0) is 5.41 Å². The second-order valence-corrected chi connectivity index (χ2v) is 7.37. The van der Waals surface area contributed by atoms with Crippen molar-refractivity contribution < 1.29 is 0 Å². The van der Waals surface area contributed by atoms with Gasteiger partial charge in [0, 0.05) is 41.7 Å². The number of rotatable bonds is 3. The number of benzene rings is 1. The maximum Gasteiger partial charge on any atom is 0.0314 e. The van der Waals surface area contributed by atoms with Crippen molar-refractivity contribution in [1.29, 1.82) is 0 Å². The van der Waals surface area contributed by atoms with E-state index in [-0.39, 0.29) is 0 Å². The third kappa shape index (κ3) is 2.52. The fourth-order valence-corrected chi connectivity index (χ4v) is 4.07. The maximum atomic E-state index is 5.78. The van der Waals surface area contributed by atoms with Gasteiger partial charge in [-0.15, -0.1) is 0 Å². The molecule has 18 heavy (non-hydrogen) atoms. The van der Waals surface area contributed by atoms with Crippen molar-refractivity contribution >= 4 is 17.4 Å². The van der Waals surface area contributed by atoms with Gasteiger partial charge in [0.25, 0.3) is 0 Å². The summed E-state index contributed by atoms with van der Waals surface area (Å²) in [6.07, 6.45) is 2.68. The summed E-state index contributed by atoms with van der Waals surface area (Å²) in [4.78, 5) is 2.66. The lowest BCUT2D eigenvalue weighted by Gasteiger charge is -2.33. The van der Waals surface area contributed by atoms with Crippen LogP contribution < -0.4 is 5.73 Å². The fraction of sp³-hybridized carbons (Fsp3) is 0.600. The molecule has 1 aromatic rings. The van der Waals surface area contributed by atoms with E-state index in [9.17, 15) is 0 Å². The Balaban J connectivity index is 1.69. The summed E-state index contributed by atoms with van der Waals surface area (Å²) in [5, 5.41) is 0.793. The van der Waals surface area contributed by atoms with E-state index in [4.69, 9.17) is 5.73 Å². The summed E-state index contributed by atoms with van der Waals surface area (Å²) in [5.41, 5.74) is 8.58. The van der Waals surface area contributed by atoms with Crippen molar-refractivity contribution in [1.82, 2.24) is 4.90 Å². The first-order valence-electron chi connectivity index (χ1n) is 6.88. The van der Waals surface area contributed by atoms with Crippen molar-refractivity contribution in [3.8, 4) is 0 Å². The largest absolute Gasteiger partial charge is 0.399 e. The van der Waals surface area contributed by atoms with Crippen molar-refractivity contribution in [2.24, 2.45) is 0 Å². The lowest BCUT2D eigenvalue weighted by Crippen LogP contribution is -2.41. The van der Waals surface area contributed by atoms with Crippen molar-refractivity contribution in [2.45, 2.75) is 30.4 Å².